The van der Waals surface area contributed by atoms with Crippen LogP contribution in [0.25, 0.3) is 0 Å². The van der Waals surface area contributed by atoms with Gasteiger partial charge >= 0.3 is 0 Å². The molecule has 0 fully saturated rings. The van der Waals surface area contributed by atoms with Gasteiger partial charge < -0.3 is 11.1 Å². The molecule has 7 heteroatoms. The van der Waals surface area contributed by atoms with Crippen molar-refractivity contribution in [3.05, 3.63) is 5.51 Å². The molecule has 3 N–H and O–H groups in total. The van der Waals surface area contributed by atoms with Crippen LogP contribution in [0.4, 0.5) is 5.13 Å². The predicted octanol–water partition coefficient (Wildman–Crippen LogP) is 0.378. The fourth-order valence-electron chi connectivity index (χ4n) is 0.880. The van der Waals surface area contributed by atoms with Crippen LogP contribution in [0.3, 0.4) is 0 Å². The zero-order valence-electron chi connectivity index (χ0n) is 8.48. The van der Waals surface area contributed by atoms with Crippen LogP contribution in [0.2, 0.25) is 0 Å². The van der Waals surface area contributed by atoms with Gasteiger partial charge in [0.05, 0.1) is 5.41 Å². The van der Waals surface area contributed by atoms with Gasteiger partial charge in [0.25, 0.3) is 0 Å². The van der Waals surface area contributed by atoms with Crippen molar-refractivity contribution >= 4 is 28.3 Å². The van der Waals surface area contributed by atoms with Crippen molar-refractivity contribution in [3.63, 3.8) is 0 Å². The molecule has 1 heterocycles. The minimum absolute atomic E-state index is 0.0297. The highest BCUT2D eigenvalue weighted by Gasteiger charge is 2.28. The lowest BCUT2D eigenvalue weighted by atomic mass is 9.88. The molecule has 1 aromatic rings. The molecule has 0 aromatic carbocycles. The van der Waals surface area contributed by atoms with E-state index in [4.69, 9.17) is 5.73 Å². The van der Waals surface area contributed by atoms with Crippen molar-refractivity contribution in [2.75, 3.05) is 5.32 Å². The van der Waals surface area contributed by atoms with Crippen molar-refractivity contribution in [1.29, 1.82) is 0 Å². The average Bonchev–Trinajstić information content (AvgIpc) is 2.54. The number of hydrogen-bond acceptors (Lipinski definition) is 5. The molecular weight excluding hydrogens is 216 g/mol. The number of carbonyl (C=O) groups excluding carboxylic acids is 2. The van der Waals surface area contributed by atoms with Crippen LogP contribution >= 0.6 is 11.3 Å². The molecule has 0 saturated carbocycles. The lowest BCUT2D eigenvalue weighted by Crippen LogP contribution is -2.35. The highest BCUT2D eigenvalue weighted by atomic mass is 32.1. The molecule has 1 rings (SSSR count). The summed E-state index contributed by atoms with van der Waals surface area (Å²) in [7, 11) is 0. The quantitative estimate of drug-likeness (QED) is 0.778. The van der Waals surface area contributed by atoms with Gasteiger partial charge in [0, 0.05) is 6.42 Å². The maximum atomic E-state index is 11.5. The number of nitrogens with one attached hydrogen (secondary N) is 1. The van der Waals surface area contributed by atoms with Crippen molar-refractivity contribution in [1.82, 2.24) is 10.2 Å². The van der Waals surface area contributed by atoms with Crippen molar-refractivity contribution in [2.45, 2.75) is 20.3 Å². The average molecular weight is 228 g/mol. The van der Waals surface area contributed by atoms with E-state index in [9.17, 15) is 9.59 Å². The Kier molecular flexibility index (Phi) is 3.35. The number of carbonyl (C=O) groups is 2. The summed E-state index contributed by atoms with van der Waals surface area (Å²) in [6, 6.07) is 0. The van der Waals surface area contributed by atoms with Crippen LogP contribution < -0.4 is 11.1 Å². The van der Waals surface area contributed by atoms with Crippen molar-refractivity contribution in [3.8, 4) is 0 Å². The maximum absolute atomic E-state index is 11.5. The molecule has 0 saturated heterocycles. The second-order valence-electron chi connectivity index (χ2n) is 3.72. The van der Waals surface area contributed by atoms with Gasteiger partial charge in [-0.05, 0) is 0 Å². The molecule has 1 aromatic heterocycles. The molecule has 0 aliphatic heterocycles. The molecular formula is C8H12N4O2S. The summed E-state index contributed by atoms with van der Waals surface area (Å²) < 4.78 is 0. The smallest absolute Gasteiger partial charge is 0.227 e. The van der Waals surface area contributed by atoms with Crippen molar-refractivity contribution < 1.29 is 9.59 Å². The minimum Gasteiger partial charge on any atom is -0.369 e. The van der Waals surface area contributed by atoms with E-state index in [1.165, 1.54) is 16.8 Å². The van der Waals surface area contributed by atoms with E-state index in [1.807, 2.05) is 0 Å². The summed E-state index contributed by atoms with van der Waals surface area (Å²) in [6.45, 7) is 3.24. The second kappa shape index (κ2) is 4.35. The monoisotopic (exact) mass is 228 g/mol. The third-order valence-electron chi connectivity index (χ3n) is 1.88. The first kappa shape index (κ1) is 11.6. The molecule has 0 atom stereocenters. The van der Waals surface area contributed by atoms with E-state index in [-0.39, 0.29) is 12.3 Å². The number of amides is 2. The molecule has 0 aliphatic carbocycles. The highest BCUT2D eigenvalue weighted by molar-refractivity contribution is 7.13. The van der Waals surface area contributed by atoms with Gasteiger partial charge in [0.2, 0.25) is 16.9 Å². The fraction of sp³-hybridized carbons (Fsp3) is 0.500. The molecule has 0 unspecified atom stereocenters. The highest BCUT2D eigenvalue weighted by Crippen LogP contribution is 2.20. The van der Waals surface area contributed by atoms with E-state index in [0.717, 1.165) is 0 Å². The van der Waals surface area contributed by atoms with Crippen LogP contribution in [-0.4, -0.2) is 22.0 Å². The summed E-state index contributed by atoms with van der Waals surface area (Å²) >= 11 is 1.22. The number of rotatable bonds is 4. The molecule has 82 valence electrons. The second-order valence-corrected chi connectivity index (χ2v) is 4.55. The molecule has 0 radical (unpaired) electrons. The van der Waals surface area contributed by atoms with Crippen LogP contribution in [0.15, 0.2) is 5.51 Å². The van der Waals surface area contributed by atoms with Crippen LogP contribution in [-0.2, 0) is 9.59 Å². The summed E-state index contributed by atoms with van der Waals surface area (Å²) in [6.07, 6.45) is 0.0297. The van der Waals surface area contributed by atoms with E-state index in [0.29, 0.717) is 5.13 Å². The number of aromatic nitrogens is 2. The molecule has 0 bridgehead atoms. The number of anilines is 1. The van der Waals surface area contributed by atoms with Gasteiger partial charge in [-0.1, -0.05) is 25.2 Å². The summed E-state index contributed by atoms with van der Waals surface area (Å²) in [4.78, 5) is 22.4. The van der Waals surface area contributed by atoms with Gasteiger partial charge in [0.15, 0.2) is 0 Å². The third-order valence-corrected chi connectivity index (χ3v) is 2.48. The van der Waals surface area contributed by atoms with Crippen LogP contribution in [0, 0.1) is 5.41 Å². The Bertz CT molecular complexity index is 361. The predicted molar refractivity (Wildman–Crippen MR) is 56.1 cm³/mol. The van der Waals surface area contributed by atoms with Crippen LogP contribution in [0.1, 0.15) is 20.3 Å². The Morgan fingerprint density at radius 1 is 1.60 bits per heavy atom. The van der Waals surface area contributed by atoms with Gasteiger partial charge in [-0.25, -0.2) is 0 Å². The lowest BCUT2D eigenvalue weighted by molar-refractivity contribution is -0.130. The summed E-state index contributed by atoms with van der Waals surface area (Å²) in [5, 5.41) is 10.2. The van der Waals surface area contributed by atoms with E-state index in [1.54, 1.807) is 13.8 Å². The maximum Gasteiger partial charge on any atom is 0.227 e. The van der Waals surface area contributed by atoms with Gasteiger partial charge in [0.1, 0.15) is 5.51 Å². The standard InChI is InChI=1S/C8H12N4O2S/c1-8(2,6(9)14)3-5(13)11-7-12-10-4-15-7/h4H,3H2,1-2H3,(H2,9,14)(H,11,12,13). The molecule has 0 aliphatic rings. The minimum atomic E-state index is -0.852. The zero-order chi connectivity index (χ0) is 11.5. The Morgan fingerprint density at radius 2 is 2.27 bits per heavy atom. The summed E-state index contributed by atoms with van der Waals surface area (Å²) in [5.74, 6) is -0.800. The van der Waals surface area contributed by atoms with Gasteiger partial charge in [-0.15, -0.1) is 10.2 Å². The number of primary amides is 1. The zero-order valence-corrected chi connectivity index (χ0v) is 9.30. The molecule has 15 heavy (non-hydrogen) atoms. The first-order valence-corrected chi connectivity index (χ1v) is 5.16. The van der Waals surface area contributed by atoms with Gasteiger partial charge in [-0.3, -0.25) is 9.59 Å². The largest absolute Gasteiger partial charge is 0.369 e. The molecule has 0 spiro atoms. The van der Waals surface area contributed by atoms with E-state index < -0.39 is 11.3 Å². The van der Waals surface area contributed by atoms with E-state index >= 15 is 0 Å². The van der Waals surface area contributed by atoms with Gasteiger partial charge in [-0.2, -0.15) is 0 Å². The Balaban J connectivity index is 2.53. The topological polar surface area (TPSA) is 98.0 Å². The fourth-order valence-corrected chi connectivity index (χ4v) is 1.34. The Morgan fingerprint density at radius 3 is 2.73 bits per heavy atom. The number of hydrogen-bond donors (Lipinski definition) is 2. The number of nitrogens with zero attached hydrogens (tertiary/aromatic N) is 2. The number of nitrogens with two attached hydrogens (primary N) is 1. The third kappa shape index (κ3) is 3.28. The van der Waals surface area contributed by atoms with Crippen LogP contribution in [0.5, 0.6) is 0 Å². The molecule has 6 nitrogen and oxygen atoms in total. The first-order chi connectivity index (χ1) is 6.92. The Labute approximate surface area is 90.9 Å². The summed E-state index contributed by atoms with van der Waals surface area (Å²) in [5.41, 5.74) is 5.80. The first-order valence-electron chi connectivity index (χ1n) is 4.28. The normalized spacial score (nSPS) is 11.1. The van der Waals surface area contributed by atoms with E-state index in [2.05, 4.69) is 15.5 Å². The molecule has 2 amide bonds. The lowest BCUT2D eigenvalue weighted by Gasteiger charge is -2.18. The van der Waals surface area contributed by atoms with Crippen molar-refractivity contribution in [2.24, 2.45) is 11.1 Å². The Hall–Kier alpha value is -1.50. The SMILES string of the molecule is CC(C)(CC(=O)Nc1nncs1)C(N)=O.